The van der Waals surface area contributed by atoms with Crippen LogP contribution in [-0.4, -0.2) is 59.3 Å². The van der Waals surface area contributed by atoms with Crippen molar-refractivity contribution in [2.45, 2.75) is 51.2 Å². The predicted molar refractivity (Wildman–Crippen MR) is 79.1 cm³/mol. The minimum absolute atomic E-state index is 0.154. The molecule has 0 saturated carbocycles. The summed E-state index contributed by atoms with van der Waals surface area (Å²) in [5.74, 6) is -2.32. The molecule has 1 fully saturated rings. The number of hydrogen-bond acceptors (Lipinski definition) is 5. The second-order valence-corrected chi connectivity index (χ2v) is 5.60. The van der Waals surface area contributed by atoms with Crippen molar-refractivity contribution in [2.24, 2.45) is 5.92 Å². The molecule has 5 N–H and O–H groups in total. The maximum absolute atomic E-state index is 12.2. The van der Waals surface area contributed by atoms with E-state index in [0.29, 0.717) is 6.42 Å². The Labute approximate surface area is 129 Å². The Balaban J connectivity index is 2.72. The van der Waals surface area contributed by atoms with Gasteiger partial charge in [0.15, 0.2) is 0 Å². The van der Waals surface area contributed by atoms with Gasteiger partial charge >= 0.3 is 5.97 Å². The van der Waals surface area contributed by atoms with Gasteiger partial charge in [0.05, 0.1) is 12.6 Å². The van der Waals surface area contributed by atoms with Crippen LogP contribution in [0.15, 0.2) is 0 Å². The molecule has 0 spiro atoms. The van der Waals surface area contributed by atoms with Crippen molar-refractivity contribution in [3.05, 3.63) is 0 Å². The molecule has 0 aliphatic carbocycles. The maximum atomic E-state index is 12.2. The number of rotatable bonds is 8. The summed E-state index contributed by atoms with van der Waals surface area (Å²) in [7, 11) is 0. The van der Waals surface area contributed by atoms with Gasteiger partial charge in [-0.05, 0) is 25.3 Å². The van der Waals surface area contributed by atoms with Crippen LogP contribution < -0.4 is 16.0 Å². The van der Waals surface area contributed by atoms with Crippen LogP contribution >= 0.6 is 0 Å². The fraction of sp³-hybridized carbons (Fsp3) is 0.786. The summed E-state index contributed by atoms with van der Waals surface area (Å²) in [6.45, 7) is 3.75. The molecule has 0 aromatic carbocycles. The van der Waals surface area contributed by atoms with Gasteiger partial charge < -0.3 is 26.2 Å². The number of carbonyl (C=O) groups excluding carboxylic acids is 2. The predicted octanol–water partition coefficient (Wildman–Crippen LogP) is -1.17. The van der Waals surface area contributed by atoms with E-state index in [4.69, 9.17) is 10.2 Å². The molecule has 8 nitrogen and oxygen atoms in total. The van der Waals surface area contributed by atoms with Gasteiger partial charge in [0, 0.05) is 0 Å². The summed E-state index contributed by atoms with van der Waals surface area (Å²) in [6, 6.07) is -2.51. The average Bonchev–Trinajstić information content (AvgIpc) is 3.03. The van der Waals surface area contributed by atoms with Crippen LogP contribution in [0.5, 0.6) is 0 Å². The minimum Gasteiger partial charge on any atom is -0.480 e. The SMILES string of the molecule is CC[C@H](C)[C@H](NC(=O)[C@@H]1CCCN1)C(=O)N[C@@H](CO)C(=O)O. The van der Waals surface area contributed by atoms with Gasteiger partial charge in [-0.3, -0.25) is 9.59 Å². The lowest BCUT2D eigenvalue weighted by Crippen LogP contribution is -2.57. The number of aliphatic hydroxyl groups excluding tert-OH is 1. The third kappa shape index (κ3) is 4.96. The van der Waals surface area contributed by atoms with E-state index in [-0.39, 0.29) is 17.9 Å². The lowest BCUT2D eigenvalue weighted by atomic mass is 9.97. The van der Waals surface area contributed by atoms with E-state index in [1.54, 1.807) is 6.92 Å². The largest absolute Gasteiger partial charge is 0.480 e. The van der Waals surface area contributed by atoms with Gasteiger partial charge in [-0.15, -0.1) is 0 Å². The lowest BCUT2D eigenvalue weighted by molar-refractivity contribution is -0.143. The highest BCUT2D eigenvalue weighted by Crippen LogP contribution is 2.11. The van der Waals surface area contributed by atoms with Crippen LogP contribution in [0.3, 0.4) is 0 Å². The molecule has 0 aromatic rings. The van der Waals surface area contributed by atoms with Gasteiger partial charge in [0.1, 0.15) is 12.1 Å². The molecule has 1 saturated heterocycles. The highest BCUT2D eigenvalue weighted by molar-refractivity contribution is 5.92. The monoisotopic (exact) mass is 315 g/mol. The Hall–Kier alpha value is -1.67. The van der Waals surface area contributed by atoms with Crippen molar-refractivity contribution in [3.63, 3.8) is 0 Å². The van der Waals surface area contributed by atoms with E-state index < -0.39 is 30.6 Å². The Morgan fingerprint density at radius 2 is 2.00 bits per heavy atom. The Bertz CT molecular complexity index is 409. The number of aliphatic carboxylic acids is 1. The second-order valence-electron chi connectivity index (χ2n) is 5.60. The number of hydrogen-bond donors (Lipinski definition) is 5. The van der Waals surface area contributed by atoms with Crippen LogP contribution in [0.4, 0.5) is 0 Å². The molecule has 1 rings (SSSR count). The smallest absolute Gasteiger partial charge is 0.328 e. The van der Waals surface area contributed by atoms with Crippen LogP contribution in [0.1, 0.15) is 33.1 Å². The molecule has 0 radical (unpaired) electrons. The van der Waals surface area contributed by atoms with Crippen LogP contribution in [0.2, 0.25) is 0 Å². The summed E-state index contributed by atoms with van der Waals surface area (Å²) in [6.07, 6.45) is 2.27. The molecular formula is C14H25N3O5. The molecule has 1 aliphatic rings. The third-order valence-electron chi connectivity index (χ3n) is 3.97. The number of carboxylic acid groups (broad SMARTS) is 1. The molecule has 2 amide bonds. The van der Waals surface area contributed by atoms with E-state index in [1.165, 1.54) is 0 Å². The lowest BCUT2D eigenvalue weighted by Gasteiger charge is -2.26. The first-order valence-corrected chi connectivity index (χ1v) is 7.58. The molecule has 0 unspecified atom stereocenters. The Morgan fingerprint density at radius 1 is 1.32 bits per heavy atom. The van der Waals surface area contributed by atoms with E-state index in [0.717, 1.165) is 19.4 Å². The first-order valence-electron chi connectivity index (χ1n) is 7.58. The molecule has 126 valence electrons. The Kier molecular flexibility index (Phi) is 7.26. The Morgan fingerprint density at radius 3 is 2.45 bits per heavy atom. The first-order chi connectivity index (χ1) is 10.4. The molecule has 0 bridgehead atoms. The van der Waals surface area contributed by atoms with Gasteiger partial charge in [0.25, 0.3) is 0 Å². The zero-order valence-electron chi connectivity index (χ0n) is 13.0. The third-order valence-corrected chi connectivity index (χ3v) is 3.97. The van der Waals surface area contributed by atoms with Crippen molar-refractivity contribution in [1.29, 1.82) is 0 Å². The van der Waals surface area contributed by atoms with E-state index in [2.05, 4.69) is 16.0 Å². The summed E-state index contributed by atoms with van der Waals surface area (Å²) in [5, 5.41) is 25.9. The van der Waals surface area contributed by atoms with Gasteiger partial charge in [-0.25, -0.2) is 4.79 Å². The van der Waals surface area contributed by atoms with Gasteiger partial charge in [-0.2, -0.15) is 0 Å². The number of nitrogens with one attached hydrogen (secondary N) is 3. The highest BCUT2D eigenvalue weighted by atomic mass is 16.4. The zero-order chi connectivity index (χ0) is 16.7. The first kappa shape index (κ1) is 18.4. The zero-order valence-corrected chi connectivity index (χ0v) is 13.0. The standard InChI is InChI=1S/C14H25N3O5/c1-3-8(2)11(13(20)16-10(7-18)14(21)22)17-12(19)9-5-4-6-15-9/h8-11,15,18H,3-7H2,1-2H3,(H,16,20)(H,17,19)(H,21,22)/t8-,9-,10-,11-/m0/s1. The number of aliphatic hydroxyl groups is 1. The summed E-state index contributed by atoms with van der Waals surface area (Å²) >= 11 is 0. The van der Waals surface area contributed by atoms with Crippen LogP contribution in [-0.2, 0) is 14.4 Å². The molecule has 4 atom stereocenters. The molecular weight excluding hydrogens is 290 g/mol. The summed E-state index contributed by atoms with van der Waals surface area (Å²) < 4.78 is 0. The maximum Gasteiger partial charge on any atom is 0.328 e. The number of carbonyl (C=O) groups is 3. The molecule has 1 heterocycles. The number of amides is 2. The average molecular weight is 315 g/mol. The molecule has 22 heavy (non-hydrogen) atoms. The fourth-order valence-electron chi connectivity index (χ4n) is 2.31. The van der Waals surface area contributed by atoms with E-state index in [9.17, 15) is 14.4 Å². The van der Waals surface area contributed by atoms with E-state index >= 15 is 0 Å². The number of carboxylic acids is 1. The second kappa shape index (κ2) is 8.70. The highest BCUT2D eigenvalue weighted by Gasteiger charge is 2.32. The summed E-state index contributed by atoms with van der Waals surface area (Å²) in [5.41, 5.74) is 0. The quantitative estimate of drug-likeness (QED) is 0.384. The van der Waals surface area contributed by atoms with Crippen LogP contribution in [0.25, 0.3) is 0 Å². The van der Waals surface area contributed by atoms with Gasteiger partial charge in [-0.1, -0.05) is 20.3 Å². The topological polar surface area (TPSA) is 128 Å². The molecule has 0 aromatic heterocycles. The normalized spacial score (nSPS) is 21.7. The van der Waals surface area contributed by atoms with Crippen molar-refractivity contribution in [1.82, 2.24) is 16.0 Å². The van der Waals surface area contributed by atoms with Crippen molar-refractivity contribution < 1.29 is 24.6 Å². The fourth-order valence-corrected chi connectivity index (χ4v) is 2.31. The van der Waals surface area contributed by atoms with Crippen LogP contribution in [0, 0.1) is 5.92 Å². The van der Waals surface area contributed by atoms with Crippen molar-refractivity contribution >= 4 is 17.8 Å². The van der Waals surface area contributed by atoms with Crippen molar-refractivity contribution in [3.8, 4) is 0 Å². The minimum atomic E-state index is -1.37. The molecule has 1 aliphatic heterocycles. The summed E-state index contributed by atoms with van der Waals surface area (Å²) in [4.78, 5) is 35.3. The van der Waals surface area contributed by atoms with Crippen molar-refractivity contribution in [2.75, 3.05) is 13.2 Å². The van der Waals surface area contributed by atoms with Gasteiger partial charge in [0.2, 0.25) is 11.8 Å². The molecule has 8 heteroatoms. The van der Waals surface area contributed by atoms with E-state index in [1.807, 2.05) is 6.92 Å².